The van der Waals surface area contributed by atoms with Gasteiger partial charge in [0.05, 0.1) is 17.2 Å². The predicted octanol–water partition coefficient (Wildman–Crippen LogP) is 2.61. The summed E-state index contributed by atoms with van der Waals surface area (Å²) < 4.78 is 16.0. The van der Waals surface area contributed by atoms with Crippen molar-refractivity contribution in [2.75, 3.05) is 7.05 Å². The molecule has 0 spiro atoms. The molecule has 0 fully saturated rings. The molecule has 21 heavy (non-hydrogen) atoms. The van der Waals surface area contributed by atoms with Crippen LogP contribution in [0.3, 0.4) is 0 Å². The van der Waals surface area contributed by atoms with E-state index in [1.165, 1.54) is 6.20 Å². The van der Waals surface area contributed by atoms with Crippen molar-refractivity contribution in [1.82, 2.24) is 19.9 Å². The highest BCUT2D eigenvalue weighted by Gasteiger charge is 2.17. The van der Waals surface area contributed by atoms with Crippen LogP contribution in [0.2, 0.25) is 0 Å². The number of rotatable bonds is 4. The van der Waals surface area contributed by atoms with Crippen LogP contribution in [-0.4, -0.2) is 21.6 Å². The molecule has 0 bridgehead atoms. The first-order valence-electron chi connectivity index (χ1n) is 6.87. The second kappa shape index (κ2) is 5.61. The summed E-state index contributed by atoms with van der Waals surface area (Å²) in [6.45, 7) is 0. The van der Waals surface area contributed by atoms with Crippen molar-refractivity contribution in [2.24, 2.45) is 7.05 Å². The summed E-state index contributed by atoms with van der Waals surface area (Å²) in [4.78, 5) is 8.44. The highest BCUT2D eigenvalue weighted by atomic mass is 19.1. The third kappa shape index (κ3) is 2.52. The molecule has 0 radical (unpaired) electrons. The lowest BCUT2D eigenvalue weighted by Crippen LogP contribution is -2.21. The molecule has 3 rings (SSSR count). The minimum absolute atomic E-state index is 0.136. The van der Waals surface area contributed by atoms with E-state index in [4.69, 9.17) is 0 Å². The largest absolute Gasteiger partial charge is 0.331 e. The molecule has 0 amide bonds. The van der Waals surface area contributed by atoms with Gasteiger partial charge < -0.3 is 9.88 Å². The third-order valence-electron chi connectivity index (χ3n) is 3.79. The fourth-order valence-electron chi connectivity index (χ4n) is 2.60. The van der Waals surface area contributed by atoms with E-state index in [0.717, 1.165) is 16.9 Å². The molecule has 0 saturated heterocycles. The zero-order valence-electron chi connectivity index (χ0n) is 12.0. The Hall–Kier alpha value is -2.27. The molecule has 3 aromatic rings. The van der Waals surface area contributed by atoms with Gasteiger partial charge in [-0.1, -0.05) is 12.1 Å². The molecule has 4 nitrogen and oxygen atoms in total. The van der Waals surface area contributed by atoms with Crippen LogP contribution in [0.15, 0.2) is 42.7 Å². The van der Waals surface area contributed by atoms with Gasteiger partial charge in [0.15, 0.2) is 0 Å². The van der Waals surface area contributed by atoms with Gasteiger partial charge in [0.1, 0.15) is 11.6 Å². The number of pyridine rings is 1. The quantitative estimate of drug-likeness (QED) is 0.801. The molecule has 1 N–H and O–H groups in total. The van der Waals surface area contributed by atoms with Crippen LogP contribution in [0.5, 0.6) is 0 Å². The zero-order valence-corrected chi connectivity index (χ0v) is 12.0. The smallest absolute Gasteiger partial charge is 0.146 e. The molecular formula is C16H17FN4. The minimum Gasteiger partial charge on any atom is -0.331 e. The molecule has 0 aliphatic carbocycles. The average molecular weight is 284 g/mol. The van der Waals surface area contributed by atoms with E-state index in [1.54, 1.807) is 12.3 Å². The van der Waals surface area contributed by atoms with Crippen molar-refractivity contribution >= 4 is 11.0 Å². The summed E-state index contributed by atoms with van der Waals surface area (Å²) in [5, 5.41) is 3.16. The van der Waals surface area contributed by atoms with E-state index in [1.807, 2.05) is 38.4 Å². The Labute approximate surface area is 122 Å². The van der Waals surface area contributed by atoms with Crippen molar-refractivity contribution in [1.29, 1.82) is 0 Å². The molecule has 0 aliphatic heterocycles. The Bertz CT molecular complexity index is 766. The standard InChI is InChI=1S/C16H17FN4/c1-18-14(11-7-8-19-10-12(11)17)9-16-20-13-5-3-4-6-15(13)21(16)2/h3-8,10,14,18H,9H2,1-2H3. The number of nitrogens with one attached hydrogen (secondary N) is 1. The number of fused-ring (bicyclic) bond motifs is 1. The molecule has 1 aromatic carbocycles. The molecule has 108 valence electrons. The highest BCUT2D eigenvalue weighted by molar-refractivity contribution is 5.75. The SMILES string of the molecule is CNC(Cc1nc2ccccc2n1C)c1ccncc1F. The maximum Gasteiger partial charge on any atom is 0.146 e. The summed E-state index contributed by atoms with van der Waals surface area (Å²) in [5.74, 6) is 0.627. The monoisotopic (exact) mass is 284 g/mol. The summed E-state index contributed by atoms with van der Waals surface area (Å²) >= 11 is 0. The van der Waals surface area contributed by atoms with E-state index in [-0.39, 0.29) is 11.9 Å². The molecule has 1 unspecified atom stereocenters. The first-order valence-corrected chi connectivity index (χ1v) is 6.87. The first kappa shape index (κ1) is 13.7. The fourth-order valence-corrected chi connectivity index (χ4v) is 2.60. The van der Waals surface area contributed by atoms with E-state index < -0.39 is 0 Å². The van der Waals surface area contributed by atoms with Crippen LogP contribution in [-0.2, 0) is 13.5 Å². The number of aryl methyl sites for hydroxylation is 1. The highest BCUT2D eigenvalue weighted by Crippen LogP contribution is 2.22. The van der Waals surface area contributed by atoms with E-state index in [0.29, 0.717) is 12.0 Å². The number of likely N-dealkylation sites (N-methyl/N-ethyl adjacent to an activating group) is 1. The van der Waals surface area contributed by atoms with Gasteiger partial charge >= 0.3 is 0 Å². The summed E-state index contributed by atoms with van der Waals surface area (Å²) in [6, 6.07) is 9.55. The molecule has 1 atom stereocenters. The van der Waals surface area contributed by atoms with Gasteiger partial charge in [-0.15, -0.1) is 0 Å². The van der Waals surface area contributed by atoms with E-state index in [2.05, 4.69) is 19.9 Å². The van der Waals surface area contributed by atoms with Crippen molar-refractivity contribution in [3.63, 3.8) is 0 Å². The van der Waals surface area contributed by atoms with Crippen molar-refractivity contribution < 1.29 is 4.39 Å². The number of halogens is 1. The topological polar surface area (TPSA) is 42.7 Å². The van der Waals surface area contributed by atoms with Gasteiger partial charge in [-0.05, 0) is 25.2 Å². The maximum absolute atomic E-state index is 13.9. The number of para-hydroxylation sites is 2. The summed E-state index contributed by atoms with van der Waals surface area (Å²) in [7, 11) is 3.81. The minimum atomic E-state index is -0.296. The van der Waals surface area contributed by atoms with Gasteiger partial charge in [0.2, 0.25) is 0 Å². The second-order valence-corrected chi connectivity index (χ2v) is 5.02. The first-order chi connectivity index (χ1) is 10.2. The lowest BCUT2D eigenvalue weighted by molar-refractivity contribution is 0.518. The van der Waals surface area contributed by atoms with Gasteiger partial charge in [0.25, 0.3) is 0 Å². The summed E-state index contributed by atoms with van der Waals surface area (Å²) in [6.07, 6.45) is 3.47. The fraction of sp³-hybridized carbons (Fsp3) is 0.250. The molecule has 2 heterocycles. The van der Waals surface area contributed by atoms with Crippen molar-refractivity contribution in [2.45, 2.75) is 12.5 Å². The number of hydrogen-bond acceptors (Lipinski definition) is 3. The van der Waals surface area contributed by atoms with Crippen LogP contribution < -0.4 is 5.32 Å². The molecule has 5 heteroatoms. The van der Waals surface area contributed by atoms with Crippen LogP contribution in [0, 0.1) is 5.82 Å². The molecule has 0 saturated carbocycles. The molecule has 0 aliphatic rings. The Morgan fingerprint density at radius 2 is 2.10 bits per heavy atom. The molecular weight excluding hydrogens is 267 g/mol. The second-order valence-electron chi connectivity index (χ2n) is 5.02. The van der Waals surface area contributed by atoms with Crippen LogP contribution >= 0.6 is 0 Å². The zero-order chi connectivity index (χ0) is 14.8. The van der Waals surface area contributed by atoms with Crippen molar-refractivity contribution in [3.8, 4) is 0 Å². The third-order valence-corrected chi connectivity index (χ3v) is 3.79. The Balaban J connectivity index is 1.96. The van der Waals surface area contributed by atoms with Gasteiger partial charge in [-0.2, -0.15) is 0 Å². The van der Waals surface area contributed by atoms with Gasteiger partial charge in [0, 0.05) is 31.3 Å². The lowest BCUT2D eigenvalue weighted by Gasteiger charge is -2.16. The molecule has 2 aromatic heterocycles. The number of hydrogen-bond donors (Lipinski definition) is 1. The average Bonchev–Trinajstić information content (AvgIpc) is 2.82. The van der Waals surface area contributed by atoms with Crippen LogP contribution in [0.1, 0.15) is 17.4 Å². The lowest BCUT2D eigenvalue weighted by atomic mass is 10.0. The van der Waals surface area contributed by atoms with Crippen molar-refractivity contribution in [3.05, 3.63) is 59.9 Å². The van der Waals surface area contributed by atoms with Crippen LogP contribution in [0.25, 0.3) is 11.0 Å². The number of imidazole rings is 1. The Morgan fingerprint density at radius 3 is 2.81 bits per heavy atom. The summed E-state index contributed by atoms with van der Waals surface area (Å²) in [5.41, 5.74) is 2.65. The Morgan fingerprint density at radius 1 is 1.29 bits per heavy atom. The number of aromatic nitrogens is 3. The number of benzene rings is 1. The van der Waals surface area contributed by atoms with Gasteiger partial charge in [-0.25, -0.2) is 9.37 Å². The van der Waals surface area contributed by atoms with Gasteiger partial charge in [-0.3, -0.25) is 4.98 Å². The van der Waals surface area contributed by atoms with Crippen LogP contribution in [0.4, 0.5) is 4.39 Å². The number of nitrogens with zero attached hydrogens (tertiary/aromatic N) is 3. The van der Waals surface area contributed by atoms with E-state index in [9.17, 15) is 4.39 Å². The predicted molar refractivity (Wildman–Crippen MR) is 80.4 cm³/mol. The Kier molecular flexibility index (Phi) is 3.66. The normalized spacial score (nSPS) is 12.7. The maximum atomic E-state index is 13.9. The van der Waals surface area contributed by atoms with E-state index >= 15 is 0 Å².